The number of aromatic nitrogens is 4. The van der Waals surface area contributed by atoms with Crippen molar-refractivity contribution in [3.05, 3.63) is 58.2 Å². The van der Waals surface area contributed by atoms with E-state index in [1.54, 1.807) is 12.3 Å². The molecular weight excluding hydrogens is 405 g/mol. The SMILES string of the molecule is O=C(Nc1cccc(Sc2cnc(Cl)cn2)c1Cl)c1cc2n(n1)CCCC2. The highest BCUT2D eigenvalue weighted by atomic mass is 35.5. The van der Waals surface area contributed by atoms with Crippen LogP contribution < -0.4 is 5.32 Å². The zero-order valence-electron chi connectivity index (χ0n) is 14.2. The number of amides is 1. The highest BCUT2D eigenvalue weighted by molar-refractivity contribution is 7.99. The molecule has 6 nitrogen and oxygen atoms in total. The normalized spacial score (nSPS) is 13.3. The summed E-state index contributed by atoms with van der Waals surface area (Å²) in [6.07, 6.45) is 6.23. The van der Waals surface area contributed by atoms with Crippen molar-refractivity contribution in [3.63, 3.8) is 0 Å². The number of nitrogens with zero attached hydrogens (tertiary/aromatic N) is 4. The quantitative estimate of drug-likeness (QED) is 0.661. The van der Waals surface area contributed by atoms with Gasteiger partial charge in [0.1, 0.15) is 10.2 Å². The lowest BCUT2D eigenvalue weighted by Crippen LogP contribution is -2.14. The second-order valence-corrected chi connectivity index (χ2v) is 7.88. The van der Waals surface area contributed by atoms with Crippen LogP contribution in [0.2, 0.25) is 10.2 Å². The fourth-order valence-electron chi connectivity index (χ4n) is 2.87. The second-order valence-electron chi connectivity index (χ2n) is 6.05. The van der Waals surface area contributed by atoms with E-state index in [2.05, 4.69) is 20.4 Å². The van der Waals surface area contributed by atoms with Gasteiger partial charge < -0.3 is 5.32 Å². The monoisotopic (exact) mass is 419 g/mol. The zero-order chi connectivity index (χ0) is 18.8. The summed E-state index contributed by atoms with van der Waals surface area (Å²) in [7, 11) is 0. The molecule has 3 aromatic rings. The summed E-state index contributed by atoms with van der Waals surface area (Å²) in [6, 6.07) is 7.29. The topological polar surface area (TPSA) is 72.7 Å². The van der Waals surface area contributed by atoms with Crippen molar-refractivity contribution < 1.29 is 4.79 Å². The maximum Gasteiger partial charge on any atom is 0.276 e. The predicted molar refractivity (Wildman–Crippen MR) is 106 cm³/mol. The number of halogens is 2. The van der Waals surface area contributed by atoms with Gasteiger partial charge in [-0.25, -0.2) is 9.97 Å². The van der Waals surface area contributed by atoms with Crippen LogP contribution in [-0.4, -0.2) is 25.7 Å². The Balaban J connectivity index is 1.52. The molecule has 0 saturated carbocycles. The molecule has 0 spiro atoms. The molecule has 1 aliphatic heterocycles. The highest BCUT2D eigenvalue weighted by Crippen LogP contribution is 2.36. The summed E-state index contributed by atoms with van der Waals surface area (Å²) in [5.74, 6) is -0.271. The largest absolute Gasteiger partial charge is 0.319 e. The minimum atomic E-state index is -0.271. The van der Waals surface area contributed by atoms with Crippen LogP contribution in [0, 0.1) is 0 Å². The lowest BCUT2D eigenvalue weighted by Gasteiger charge is -2.11. The van der Waals surface area contributed by atoms with E-state index in [4.69, 9.17) is 23.2 Å². The summed E-state index contributed by atoms with van der Waals surface area (Å²) in [4.78, 5) is 21.6. The minimum absolute atomic E-state index is 0.271. The predicted octanol–water partition coefficient (Wildman–Crippen LogP) is 4.72. The Bertz CT molecular complexity index is 966. The van der Waals surface area contributed by atoms with Gasteiger partial charge in [0, 0.05) is 17.1 Å². The lowest BCUT2D eigenvalue weighted by molar-refractivity contribution is 0.102. The molecule has 0 bridgehead atoms. The molecule has 0 atom stereocenters. The average Bonchev–Trinajstić information content (AvgIpc) is 3.11. The van der Waals surface area contributed by atoms with Crippen molar-refractivity contribution in [1.29, 1.82) is 0 Å². The van der Waals surface area contributed by atoms with E-state index >= 15 is 0 Å². The van der Waals surface area contributed by atoms with E-state index in [0.717, 1.165) is 36.4 Å². The number of carbonyl (C=O) groups is 1. The van der Waals surface area contributed by atoms with Gasteiger partial charge in [0.2, 0.25) is 0 Å². The third-order valence-corrected chi connectivity index (χ3v) is 5.87. The summed E-state index contributed by atoms with van der Waals surface area (Å²) in [5, 5.41) is 8.68. The summed E-state index contributed by atoms with van der Waals surface area (Å²) < 4.78 is 1.91. The number of carbonyl (C=O) groups excluding carboxylic acids is 1. The van der Waals surface area contributed by atoms with Crippen LogP contribution >= 0.6 is 35.0 Å². The van der Waals surface area contributed by atoms with E-state index in [9.17, 15) is 4.79 Å². The Kier molecular flexibility index (Phi) is 5.33. The molecule has 138 valence electrons. The van der Waals surface area contributed by atoms with Crippen LogP contribution in [-0.2, 0) is 13.0 Å². The Morgan fingerprint density at radius 3 is 2.85 bits per heavy atom. The van der Waals surface area contributed by atoms with Crippen molar-refractivity contribution in [1.82, 2.24) is 19.7 Å². The molecule has 0 radical (unpaired) electrons. The first-order valence-corrected chi connectivity index (χ1v) is 9.99. The minimum Gasteiger partial charge on any atom is -0.319 e. The fourth-order valence-corrected chi connectivity index (χ4v) is 4.04. The molecular formula is C18H15Cl2N5OS. The van der Waals surface area contributed by atoms with Gasteiger partial charge in [0.05, 0.1) is 23.1 Å². The number of hydrogen-bond donors (Lipinski definition) is 1. The first kappa shape index (κ1) is 18.3. The molecule has 27 heavy (non-hydrogen) atoms. The van der Waals surface area contributed by atoms with E-state index in [0.29, 0.717) is 26.6 Å². The number of benzene rings is 1. The Morgan fingerprint density at radius 2 is 2.07 bits per heavy atom. The van der Waals surface area contributed by atoms with E-state index in [1.165, 1.54) is 18.0 Å². The van der Waals surface area contributed by atoms with Gasteiger partial charge in [-0.05, 0) is 37.5 Å². The first-order chi connectivity index (χ1) is 13.1. The van der Waals surface area contributed by atoms with E-state index < -0.39 is 0 Å². The molecule has 0 unspecified atom stereocenters. The van der Waals surface area contributed by atoms with Crippen LogP contribution in [0.15, 0.2) is 46.6 Å². The molecule has 1 aromatic carbocycles. The summed E-state index contributed by atoms with van der Waals surface area (Å²) in [6.45, 7) is 0.859. The van der Waals surface area contributed by atoms with Crippen LogP contribution in [0.1, 0.15) is 29.0 Å². The Morgan fingerprint density at radius 1 is 1.19 bits per heavy atom. The van der Waals surface area contributed by atoms with Crippen molar-refractivity contribution in [2.45, 2.75) is 35.7 Å². The molecule has 0 fully saturated rings. The van der Waals surface area contributed by atoms with Gasteiger partial charge in [-0.3, -0.25) is 9.48 Å². The average molecular weight is 420 g/mol. The maximum absolute atomic E-state index is 12.6. The first-order valence-electron chi connectivity index (χ1n) is 8.42. The zero-order valence-corrected chi connectivity index (χ0v) is 16.5. The van der Waals surface area contributed by atoms with Crippen LogP contribution in [0.3, 0.4) is 0 Å². The van der Waals surface area contributed by atoms with Gasteiger partial charge >= 0.3 is 0 Å². The molecule has 0 saturated heterocycles. The van der Waals surface area contributed by atoms with Gasteiger partial charge in [-0.15, -0.1) is 0 Å². The number of anilines is 1. The molecule has 1 aliphatic rings. The van der Waals surface area contributed by atoms with Crippen LogP contribution in [0.25, 0.3) is 0 Å². The number of nitrogens with one attached hydrogen (secondary N) is 1. The van der Waals surface area contributed by atoms with Crippen molar-refractivity contribution in [2.24, 2.45) is 0 Å². The molecule has 1 amide bonds. The third-order valence-electron chi connectivity index (χ3n) is 4.17. The molecule has 2 aromatic heterocycles. The molecule has 0 aliphatic carbocycles. The van der Waals surface area contributed by atoms with Crippen LogP contribution in [0.4, 0.5) is 5.69 Å². The van der Waals surface area contributed by atoms with E-state index in [-0.39, 0.29) is 5.91 Å². The Labute approximate surface area is 170 Å². The summed E-state index contributed by atoms with van der Waals surface area (Å²) in [5.41, 5.74) is 2.03. The second kappa shape index (κ2) is 7.88. The number of hydrogen-bond acceptors (Lipinski definition) is 5. The molecule has 3 heterocycles. The molecule has 1 N–H and O–H groups in total. The standard InChI is InChI=1S/C18H15Cl2N5OS/c19-15-9-22-16(10-21-15)27-14-6-3-5-12(17(14)20)23-18(26)13-8-11-4-1-2-7-25(11)24-13/h3,5-6,8-10H,1-2,4,7H2,(H,23,26). The Hall–Kier alpha value is -2.09. The van der Waals surface area contributed by atoms with E-state index in [1.807, 2.05) is 22.9 Å². The van der Waals surface area contributed by atoms with Crippen molar-refractivity contribution in [3.8, 4) is 0 Å². The number of fused-ring (bicyclic) bond motifs is 1. The number of rotatable bonds is 4. The van der Waals surface area contributed by atoms with Gasteiger partial charge in [-0.1, -0.05) is 41.0 Å². The van der Waals surface area contributed by atoms with Crippen molar-refractivity contribution in [2.75, 3.05) is 5.32 Å². The number of aryl methyl sites for hydroxylation is 2. The maximum atomic E-state index is 12.6. The molecule has 4 rings (SSSR count). The third kappa shape index (κ3) is 4.10. The molecule has 9 heteroatoms. The smallest absolute Gasteiger partial charge is 0.276 e. The van der Waals surface area contributed by atoms with Crippen LogP contribution in [0.5, 0.6) is 0 Å². The van der Waals surface area contributed by atoms with Gasteiger partial charge in [-0.2, -0.15) is 5.10 Å². The summed E-state index contributed by atoms with van der Waals surface area (Å²) >= 11 is 13.6. The lowest BCUT2D eigenvalue weighted by atomic mass is 10.1. The fraction of sp³-hybridized carbons (Fsp3) is 0.222. The van der Waals surface area contributed by atoms with Gasteiger partial charge in [0.25, 0.3) is 5.91 Å². The van der Waals surface area contributed by atoms with Gasteiger partial charge in [0.15, 0.2) is 5.69 Å². The highest BCUT2D eigenvalue weighted by Gasteiger charge is 2.18. The van der Waals surface area contributed by atoms with Crippen molar-refractivity contribution >= 4 is 46.6 Å².